The van der Waals surface area contributed by atoms with Crippen LogP contribution in [-0.4, -0.2) is 41.0 Å². The van der Waals surface area contributed by atoms with Crippen molar-refractivity contribution in [2.24, 2.45) is 0 Å². The van der Waals surface area contributed by atoms with E-state index in [1.807, 2.05) is 39.0 Å². The molecule has 202 valence electrons. The molecule has 0 aromatic carbocycles. The van der Waals surface area contributed by atoms with Crippen LogP contribution in [0.1, 0.15) is 53.0 Å². The molecule has 11 heteroatoms. The molecule has 0 spiro atoms. The summed E-state index contributed by atoms with van der Waals surface area (Å²) in [6, 6.07) is 11.9. The molecule has 0 bridgehead atoms. The second-order valence-corrected chi connectivity index (χ2v) is 9.37. The van der Waals surface area contributed by atoms with Crippen molar-refractivity contribution in [1.29, 1.82) is 0 Å². The highest BCUT2D eigenvalue weighted by Crippen LogP contribution is 2.23. The van der Waals surface area contributed by atoms with Crippen LogP contribution in [0.25, 0.3) is 22.6 Å². The van der Waals surface area contributed by atoms with E-state index in [9.17, 15) is 9.18 Å². The lowest BCUT2D eigenvalue weighted by Gasteiger charge is -2.14. The number of H-pyrrole nitrogens is 1. The number of rotatable bonds is 8. The third-order valence-electron chi connectivity index (χ3n) is 6.34. The summed E-state index contributed by atoms with van der Waals surface area (Å²) < 4.78 is 13.6. The first kappa shape index (κ1) is 26.5. The number of aromatic nitrogens is 7. The molecule has 5 heterocycles. The molecule has 0 aliphatic rings. The fraction of sp³-hybridized carbons (Fsp3) is 0.207. The zero-order valence-electron chi connectivity index (χ0n) is 22.5. The van der Waals surface area contributed by atoms with Gasteiger partial charge in [0.1, 0.15) is 17.3 Å². The van der Waals surface area contributed by atoms with Gasteiger partial charge >= 0.3 is 0 Å². The molecule has 3 N–H and O–H groups in total. The predicted molar refractivity (Wildman–Crippen MR) is 149 cm³/mol. The SMILES string of the molecule is CCc1cc(Nc2cc(C)nc(-c3ccc(C(=O)NC(C)c4ccc(-c5cc(F)cnc5C)nc4)nc3)n2)n[nH]1. The summed E-state index contributed by atoms with van der Waals surface area (Å²) in [6.45, 7) is 7.59. The van der Waals surface area contributed by atoms with Crippen molar-refractivity contribution in [3.05, 3.63) is 95.2 Å². The molecule has 5 aromatic rings. The third-order valence-corrected chi connectivity index (χ3v) is 6.34. The van der Waals surface area contributed by atoms with Gasteiger partial charge < -0.3 is 10.6 Å². The van der Waals surface area contributed by atoms with Crippen molar-refractivity contribution >= 4 is 17.5 Å². The maximum absolute atomic E-state index is 13.6. The van der Waals surface area contributed by atoms with Gasteiger partial charge in [0.2, 0.25) is 0 Å². The van der Waals surface area contributed by atoms with Crippen LogP contribution < -0.4 is 10.6 Å². The van der Waals surface area contributed by atoms with Gasteiger partial charge in [-0.2, -0.15) is 5.10 Å². The lowest BCUT2D eigenvalue weighted by Crippen LogP contribution is -2.27. The first-order chi connectivity index (χ1) is 19.3. The van der Waals surface area contributed by atoms with Crippen LogP contribution in [0.5, 0.6) is 0 Å². The molecule has 0 aliphatic carbocycles. The Kier molecular flexibility index (Phi) is 7.54. The molecule has 0 saturated carbocycles. The molecule has 5 aromatic heterocycles. The van der Waals surface area contributed by atoms with Gasteiger partial charge in [0.05, 0.1) is 17.9 Å². The van der Waals surface area contributed by atoms with E-state index in [0.717, 1.165) is 23.4 Å². The van der Waals surface area contributed by atoms with Gasteiger partial charge in [0.15, 0.2) is 11.6 Å². The van der Waals surface area contributed by atoms with Gasteiger partial charge in [-0.25, -0.2) is 14.4 Å². The quantitative estimate of drug-likeness (QED) is 0.244. The normalized spacial score (nSPS) is 11.7. The topological polar surface area (TPSA) is 134 Å². The van der Waals surface area contributed by atoms with Crippen molar-refractivity contribution in [3.8, 4) is 22.6 Å². The van der Waals surface area contributed by atoms with Crippen LogP contribution >= 0.6 is 0 Å². The number of aromatic amines is 1. The van der Waals surface area contributed by atoms with Crippen LogP contribution in [-0.2, 0) is 6.42 Å². The van der Waals surface area contributed by atoms with Crippen LogP contribution in [0, 0.1) is 19.7 Å². The fourth-order valence-electron chi connectivity index (χ4n) is 4.10. The Hall–Kier alpha value is -5.06. The smallest absolute Gasteiger partial charge is 0.270 e. The minimum absolute atomic E-state index is 0.260. The van der Waals surface area contributed by atoms with Crippen molar-refractivity contribution in [3.63, 3.8) is 0 Å². The van der Waals surface area contributed by atoms with E-state index >= 15 is 0 Å². The second kappa shape index (κ2) is 11.4. The van der Waals surface area contributed by atoms with Crippen molar-refractivity contribution in [1.82, 2.24) is 40.4 Å². The van der Waals surface area contributed by atoms with Gasteiger partial charge in [-0.15, -0.1) is 0 Å². The molecular weight excluding hydrogens is 509 g/mol. The van der Waals surface area contributed by atoms with Crippen molar-refractivity contribution < 1.29 is 9.18 Å². The summed E-state index contributed by atoms with van der Waals surface area (Å²) in [5.74, 6) is 1.01. The highest BCUT2D eigenvalue weighted by atomic mass is 19.1. The third kappa shape index (κ3) is 5.98. The molecule has 1 unspecified atom stereocenters. The molecular formula is C29H28FN9O. The van der Waals surface area contributed by atoms with E-state index in [-0.39, 0.29) is 17.6 Å². The number of amides is 1. The minimum atomic E-state index is -0.420. The minimum Gasteiger partial charge on any atom is -0.344 e. The number of hydrogen-bond acceptors (Lipinski definition) is 8. The summed E-state index contributed by atoms with van der Waals surface area (Å²) in [6.07, 6.45) is 5.27. The molecule has 0 radical (unpaired) electrons. The van der Waals surface area contributed by atoms with Crippen LogP contribution in [0.4, 0.5) is 16.0 Å². The summed E-state index contributed by atoms with van der Waals surface area (Å²) in [4.78, 5) is 34.8. The van der Waals surface area contributed by atoms with Gasteiger partial charge in [-0.1, -0.05) is 13.0 Å². The number of hydrogen-bond donors (Lipinski definition) is 3. The average Bonchev–Trinajstić information content (AvgIpc) is 3.41. The summed E-state index contributed by atoms with van der Waals surface area (Å²) in [7, 11) is 0. The van der Waals surface area contributed by atoms with E-state index < -0.39 is 5.82 Å². The number of nitrogens with zero attached hydrogens (tertiary/aromatic N) is 6. The molecule has 40 heavy (non-hydrogen) atoms. The standard InChI is InChI=1S/C29H28FN9O/c1-5-22-12-27(39-38-22)36-26-10-16(2)34-28(37-26)20-7-9-25(33-14-20)29(40)35-17(3)19-6-8-24(32-13-19)23-11-21(30)15-31-18(23)4/h6-15,17H,5H2,1-4H3,(H,35,40)(H2,34,36,37,38,39). The first-order valence-corrected chi connectivity index (χ1v) is 12.8. The molecule has 0 aliphatic heterocycles. The Morgan fingerprint density at radius 1 is 0.975 bits per heavy atom. The summed E-state index contributed by atoms with van der Waals surface area (Å²) in [5.41, 5.74) is 5.45. The second-order valence-electron chi connectivity index (χ2n) is 9.37. The molecule has 10 nitrogen and oxygen atoms in total. The fourth-order valence-corrected chi connectivity index (χ4v) is 4.10. The van der Waals surface area contributed by atoms with Crippen LogP contribution in [0.15, 0.2) is 61.1 Å². The Balaban J connectivity index is 1.26. The van der Waals surface area contributed by atoms with Gasteiger partial charge in [-0.05, 0) is 57.0 Å². The zero-order chi connectivity index (χ0) is 28.2. The molecule has 1 amide bonds. The van der Waals surface area contributed by atoms with Crippen LogP contribution in [0.2, 0.25) is 0 Å². The number of carbonyl (C=O) groups is 1. The monoisotopic (exact) mass is 537 g/mol. The molecule has 5 rings (SSSR count). The van der Waals surface area contributed by atoms with Gasteiger partial charge in [0, 0.05) is 52.7 Å². The Labute approximate surface area is 230 Å². The Morgan fingerprint density at radius 2 is 1.82 bits per heavy atom. The summed E-state index contributed by atoms with van der Waals surface area (Å²) >= 11 is 0. The number of aryl methyl sites for hydroxylation is 3. The van der Waals surface area contributed by atoms with E-state index in [1.54, 1.807) is 37.5 Å². The first-order valence-electron chi connectivity index (χ1n) is 12.8. The zero-order valence-corrected chi connectivity index (χ0v) is 22.5. The molecule has 0 fully saturated rings. The Morgan fingerprint density at radius 3 is 2.52 bits per heavy atom. The largest absolute Gasteiger partial charge is 0.344 e. The number of anilines is 2. The summed E-state index contributed by atoms with van der Waals surface area (Å²) in [5, 5.41) is 13.3. The maximum atomic E-state index is 13.6. The van der Waals surface area contributed by atoms with Crippen molar-refractivity contribution in [2.75, 3.05) is 5.32 Å². The van der Waals surface area contributed by atoms with E-state index in [1.165, 1.54) is 12.3 Å². The Bertz CT molecular complexity index is 1650. The number of halogens is 1. The number of nitrogens with one attached hydrogen (secondary N) is 3. The lowest BCUT2D eigenvalue weighted by atomic mass is 10.1. The highest BCUT2D eigenvalue weighted by Gasteiger charge is 2.15. The maximum Gasteiger partial charge on any atom is 0.270 e. The molecule has 0 saturated heterocycles. The number of carbonyl (C=O) groups excluding carboxylic acids is 1. The predicted octanol–water partition coefficient (Wildman–Crippen LogP) is 5.27. The van der Waals surface area contributed by atoms with E-state index in [4.69, 9.17) is 0 Å². The number of pyridine rings is 3. The van der Waals surface area contributed by atoms with Crippen LogP contribution in [0.3, 0.4) is 0 Å². The van der Waals surface area contributed by atoms with E-state index in [2.05, 4.69) is 45.8 Å². The molecule has 1 atom stereocenters. The lowest BCUT2D eigenvalue weighted by molar-refractivity contribution is 0.0935. The van der Waals surface area contributed by atoms with Gasteiger partial charge in [-0.3, -0.25) is 24.8 Å². The van der Waals surface area contributed by atoms with Crippen molar-refractivity contribution in [2.45, 2.75) is 40.2 Å². The highest BCUT2D eigenvalue weighted by molar-refractivity contribution is 5.92. The average molecular weight is 538 g/mol. The van der Waals surface area contributed by atoms with E-state index in [0.29, 0.717) is 40.0 Å². The van der Waals surface area contributed by atoms with Gasteiger partial charge in [0.25, 0.3) is 5.91 Å².